The van der Waals surface area contributed by atoms with Gasteiger partial charge in [-0.05, 0) is 42.8 Å². The third kappa shape index (κ3) is 7.44. The van der Waals surface area contributed by atoms with E-state index < -0.39 is 5.51 Å². The molecule has 0 amide bonds. The van der Waals surface area contributed by atoms with E-state index in [1.54, 1.807) is 19.2 Å². The van der Waals surface area contributed by atoms with E-state index in [1.165, 1.54) is 12.1 Å². The summed E-state index contributed by atoms with van der Waals surface area (Å²) in [5.41, 5.74) is -3.26. The van der Waals surface area contributed by atoms with E-state index >= 15 is 0 Å². The molecule has 1 atom stereocenters. The van der Waals surface area contributed by atoms with Crippen LogP contribution in [0.5, 0.6) is 0 Å². The summed E-state index contributed by atoms with van der Waals surface area (Å²) in [6, 6.07) is 6.72. The van der Waals surface area contributed by atoms with Gasteiger partial charge in [0.15, 0.2) is 0 Å². The Balaban J connectivity index is 2.40. The Morgan fingerprint density at radius 2 is 1.89 bits per heavy atom. The minimum Gasteiger partial charge on any atom is -0.385 e. The molecule has 1 unspecified atom stereocenters. The van der Waals surface area contributed by atoms with E-state index in [1.807, 2.05) is 6.92 Å². The zero-order chi connectivity index (χ0) is 14.3. The highest BCUT2D eigenvalue weighted by Crippen LogP contribution is 2.36. The summed E-state index contributed by atoms with van der Waals surface area (Å²) in [6.45, 7) is 3.38. The van der Waals surface area contributed by atoms with E-state index in [9.17, 15) is 13.2 Å². The van der Waals surface area contributed by atoms with Crippen LogP contribution < -0.4 is 5.32 Å². The third-order valence-electron chi connectivity index (χ3n) is 2.57. The van der Waals surface area contributed by atoms with Crippen LogP contribution >= 0.6 is 11.8 Å². The van der Waals surface area contributed by atoms with Gasteiger partial charge in [0.2, 0.25) is 0 Å². The second kappa shape index (κ2) is 7.77. The van der Waals surface area contributed by atoms with Crippen molar-refractivity contribution in [1.29, 1.82) is 0 Å². The zero-order valence-corrected chi connectivity index (χ0v) is 11.8. The Morgan fingerprint density at radius 1 is 1.26 bits per heavy atom. The van der Waals surface area contributed by atoms with E-state index in [0.717, 1.165) is 12.0 Å². The molecule has 0 saturated carbocycles. The van der Waals surface area contributed by atoms with Crippen molar-refractivity contribution in [2.45, 2.75) is 36.3 Å². The van der Waals surface area contributed by atoms with Crippen molar-refractivity contribution in [2.24, 2.45) is 0 Å². The van der Waals surface area contributed by atoms with Crippen molar-refractivity contribution in [3.63, 3.8) is 0 Å². The zero-order valence-electron chi connectivity index (χ0n) is 11.0. The van der Waals surface area contributed by atoms with E-state index in [-0.39, 0.29) is 16.7 Å². The van der Waals surface area contributed by atoms with Crippen LogP contribution in [0.1, 0.15) is 18.9 Å². The maximum atomic E-state index is 12.2. The Bertz CT molecular complexity index is 367. The highest BCUT2D eigenvalue weighted by molar-refractivity contribution is 8.00. The number of rotatable bonds is 7. The maximum Gasteiger partial charge on any atom is 0.446 e. The SMILES string of the molecule is COCCC(C)NCc1ccc(SC(F)(F)F)cc1. The number of nitrogens with one attached hydrogen (secondary N) is 1. The highest BCUT2D eigenvalue weighted by Gasteiger charge is 2.28. The lowest BCUT2D eigenvalue weighted by atomic mass is 10.2. The molecule has 0 saturated heterocycles. The molecule has 0 fully saturated rings. The first-order chi connectivity index (χ1) is 8.90. The second-order valence-electron chi connectivity index (χ2n) is 4.26. The number of ether oxygens (including phenoxy) is 1. The smallest absolute Gasteiger partial charge is 0.385 e. The molecule has 0 aliphatic rings. The Kier molecular flexibility index (Phi) is 6.68. The minimum absolute atomic E-state index is 0.0920. The third-order valence-corrected chi connectivity index (χ3v) is 3.31. The Labute approximate surface area is 115 Å². The Morgan fingerprint density at radius 3 is 2.42 bits per heavy atom. The van der Waals surface area contributed by atoms with Crippen LogP contribution in [0, 0.1) is 0 Å². The van der Waals surface area contributed by atoms with Gasteiger partial charge in [-0.15, -0.1) is 0 Å². The summed E-state index contributed by atoms with van der Waals surface area (Å²) >= 11 is -0.0920. The fourth-order valence-electron chi connectivity index (χ4n) is 1.50. The quantitative estimate of drug-likeness (QED) is 0.772. The first-order valence-electron chi connectivity index (χ1n) is 5.97. The summed E-state index contributed by atoms with van der Waals surface area (Å²) in [7, 11) is 1.66. The predicted octanol–water partition coefficient (Wildman–Crippen LogP) is 3.81. The summed E-state index contributed by atoms with van der Waals surface area (Å²) in [5, 5.41) is 3.29. The van der Waals surface area contributed by atoms with Crippen LogP contribution in [0.15, 0.2) is 29.2 Å². The van der Waals surface area contributed by atoms with Crippen LogP contribution in [0.2, 0.25) is 0 Å². The molecule has 0 radical (unpaired) electrons. The molecule has 0 aliphatic carbocycles. The van der Waals surface area contributed by atoms with E-state index in [0.29, 0.717) is 19.2 Å². The number of hydrogen-bond donors (Lipinski definition) is 1. The van der Waals surface area contributed by atoms with Gasteiger partial charge >= 0.3 is 5.51 Å². The first kappa shape index (κ1) is 16.3. The molecule has 0 bridgehead atoms. The van der Waals surface area contributed by atoms with Crippen LogP contribution in [0.4, 0.5) is 13.2 Å². The first-order valence-corrected chi connectivity index (χ1v) is 6.79. The molecule has 0 spiro atoms. The molecule has 1 aromatic carbocycles. The van der Waals surface area contributed by atoms with Crippen molar-refractivity contribution in [1.82, 2.24) is 5.32 Å². The fourth-order valence-corrected chi connectivity index (χ4v) is 2.04. The van der Waals surface area contributed by atoms with Crippen molar-refractivity contribution in [2.75, 3.05) is 13.7 Å². The number of thioether (sulfide) groups is 1. The van der Waals surface area contributed by atoms with Gasteiger partial charge in [0.05, 0.1) is 0 Å². The molecule has 1 N–H and O–H groups in total. The molecule has 19 heavy (non-hydrogen) atoms. The highest BCUT2D eigenvalue weighted by atomic mass is 32.2. The fraction of sp³-hybridized carbons (Fsp3) is 0.538. The lowest BCUT2D eigenvalue weighted by molar-refractivity contribution is -0.0328. The second-order valence-corrected chi connectivity index (χ2v) is 5.39. The van der Waals surface area contributed by atoms with Crippen molar-refractivity contribution >= 4 is 11.8 Å². The van der Waals surface area contributed by atoms with Gasteiger partial charge in [-0.2, -0.15) is 13.2 Å². The van der Waals surface area contributed by atoms with Gasteiger partial charge in [0.1, 0.15) is 0 Å². The molecule has 0 aliphatic heterocycles. The van der Waals surface area contributed by atoms with Gasteiger partial charge in [0, 0.05) is 31.2 Å². The monoisotopic (exact) mass is 293 g/mol. The summed E-state index contributed by atoms with van der Waals surface area (Å²) in [4.78, 5) is 0.212. The lowest BCUT2D eigenvalue weighted by Crippen LogP contribution is -2.26. The molecule has 0 aromatic heterocycles. The van der Waals surface area contributed by atoms with E-state index in [2.05, 4.69) is 5.32 Å². The molecule has 108 valence electrons. The molecular weight excluding hydrogens is 275 g/mol. The topological polar surface area (TPSA) is 21.3 Å². The summed E-state index contributed by atoms with van der Waals surface area (Å²) in [6.07, 6.45) is 0.901. The van der Waals surface area contributed by atoms with Crippen LogP contribution in [0.3, 0.4) is 0 Å². The number of alkyl halides is 3. The van der Waals surface area contributed by atoms with Crippen LogP contribution in [-0.2, 0) is 11.3 Å². The summed E-state index contributed by atoms with van der Waals surface area (Å²) in [5.74, 6) is 0. The predicted molar refractivity (Wildman–Crippen MR) is 71.1 cm³/mol. The number of benzene rings is 1. The number of halogens is 3. The molecule has 2 nitrogen and oxygen atoms in total. The number of hydrogen-bond acceptors (Lipinski definition) is 3. The lowest BCUT2D eigenvalue weighted by Gasteiger charge is -2.13. The van der Waals surface area contributed by atoms with Crippen molar-refractivity contribution < 1.29 is 17.9 Å². The average Bonchev–Trinajstić information content (AvgIpc) is 2.33. The van der Waals surface area contributed by atoms with Gasteiger partial charge in [-0.25, -0.2) is 0 Å². The molecule has 6 heteroatoms. The Hall–Kier alpha value is -0.720. The maximum absolute atomic E-state index is 12.2. The van der Waals surface area contributed by atoms with Crippen molar-refractivity contribution in [3.05, 3.63) is 29.8 Å². The van der Waals surface area contributed by atoms with Crippen LogP contribution in [-0.4, -0.2) is 25.3 Å². The normalized spacial score (nSPS) is 13.5. The standard InChI is InChI=1S/C13H18F3NOS/c1-10(7-8-18-2)17-9-11-3-5-12(6-4-11)19-13(14,15)16/h3-6,10,17H,7-9H2,1-2H3. The van der Waals surface area contributed by atoms with Gasteiger partial charge < -0.3 is 10.1 Å². The largest absolute Gasteiger partial charge is 0.446 e. The number of methoxy groups -OCH3 is 1. The molecule has 1 aromatic rings. The molecular formula is C13H18F3NOS. The summed E-state index contributed by atoms with van der Waals surface area (Å²) < 4.78 is 41.4. The molecule has 1 rings (SSSR count). The average molecular weight is 293 g/mol. The van der Waals surface area contributed by atoms with Crippen LogP contribution in [0.25, 0.3) is 0 Å². The van der Waals surface area contributed by atoms with E-state index in [4.69, 9.17) is 4.74 Å². The molecule has 0 heterocycles. The van der Waals surface area contributed by atoms with Gasteiger partial charge in [-0.3, -0.25) is 0 Å². The minimum atomic E-state index is -4.23. The van der Waals surface area contributed by atoms with Gasteiger partial charge in [0.25, 0.3) is 0 Å². The van der Waals surface area contributed by atoms with Crippen molar-refractivity contribution in [3.8, 4) is 0 Å². The van der Waals surface area contributed by atoms with Gasteiger partial charge in [-0.1, -0.05) is 12.1 Å².